The van der Waals surface area contributed by atoms with Crippen LogP contribution in [0.2, 0.25) is 5.02 Å². The molecule has 2 aromatic rings. The van der Waals surface area contributed by atoms with E-state index in [1.54, 1.807) is 18.2 Å². The van der Waals surface area contributed by atoms with Crippen molar-refractivity contribution in [3.8, 4) is 0 Å². The Hall–Kier alpha value is -2.25. The normalized spacial score (nSPS) is 14.1. The minimum Gasteiger partial charge on any atom is -0.372 e. The summed E-state index contributed by atoms with van der Waals surface area (Å²) in [6.07, 6.45) is 3.51. The van der Waals surface area contributed by atoms with Crippen LogP contribution in [-0.2, 0) is 21.4 Å². The maximum Gasteiger partial charge on any atom is 0.241 e. The highest BCUT2D eigenvalue weighted by Gasteiger charge is 2.21. The van der Waals surface area contributed by atoms with Gasteiger partial charge in [0.05, 0.1) is 11.9 Å². The van der Waals surface area contributed by atoms with Gasteiger partial charge in [-0.15, -0.1) is 0 Å². The molecule has 0 spiro atoms. The van der Waals surface area contributed by atoms with Crippen LogP contribution >= 0.6 is 11.6 Å². The van der Waals surface area contributed by atoms with Crippen molar-refractivity contribution in [3.05, 3.63) is 59.1 Å². The lowest BCUT2D eigenvalue weighted by Crippen LogP contribution is -2.40. The summed E-state index contributed by atoms with van der Waals surface area (Å²) in [4.78, 5) is 14.7. The van der Waals surface area contributed by atoms with Gasteiger partial charge in [0.15, 0.2) is 0 Å². The van der Waals surface area contributed by atoms with E-state index in [9.17, 15) is 13.2 Å². The van der Waals surface area contributed by atoms with Crippen molar-refractivity contribution < 1.29 is 13.2 Å². The molecule has 1 amide bonds. The van der Waals surface area contributed by atoms with Gasteiger partial charge in [0.2, 0.25) is 15.9 Å². The first-order valence-corrected chi connectivity index (χ1v) is 11.4. The molecule has 0 unspecified atom stereocenters. The third-order valence-electron chi connectivity index (χ3n) is 4.68. The monoisotopic (exact) mass is 421 g/mol. The number of hydrogen-bond donors (Lipinski definition) is 1. The molecular weight excluding hydrogens is 398 g/mol. The Bertz CT molecular complexity index is 926. The van der Waals surface area contributed by atoms with Crippen LogP contribution in [0, 0.1) is 0 Å². The number of carbonyl (C=O) groups excluding carboxylic acids is 1. The molecular formula is C20H24ClN3O3S. The van der Waals surface area contributed by atoms with Gasteiger partial charge in [-0.25, -0.2) is 8.42 Å². The molecule has 1 aliphatic heterocycles. The summed E-state index contributed by atoms with van der Waals surface area (Å²) in [5.74, 6) is -0.381. The Morgan fingerprint density at radius 1 is 1.14 bits per heavy atom. The standard InChI is InChI=1S/C20H24ClN3O3S/c1-28(26,27)24(19-6-4-5-17(21)13-19)15-20(25)22-14-16-7-9-18(10-8-16)23-11-2-3-12-23/h4-10,13H,2-3,11-12,14-15H2,1H3,(H,22,25). The number of nitrogens with one attached hydrogen (secondary N) is 1. The molecule has 1 fully saturated rings. The highest BCUT2D eigenvalue weighted by Crippen LogP contribution is 2.22. The Kier molecular flexibility index (Phi) is 6.46. The van der Waals surface area contributed by atoms with E-state index in [0.29, 0.717) is 17.3 Å². The Morgan fingerprint density at radius 3 is 2.43 bits per heavy atom. The topological polar surface area (TPSA) is 69.7 Å². The molecule has 150 valence electrons. The fourth-order valence-electron chi connectivity index (χ4n) is 3.22. The molecule has 0 radical (unpaired) electrons. The van der Waals surface area contributed by atoms with Crippen LogP contribution in [0.5, 0.6) is 0 Å². The van der Waals surface area contributed by atoms with Crippen molar-refractivity contribution >= 4 is 38.9 Å². The lowest BCUT2D eigenvalue weighted by molar-refractivity contribution is -0.119. The maximum atomic E-state index is 12.3. The molecule has 1 saturated heterocycles. The fraction of sp³-hybridized carbons (Fsp3) is 0.350. The first-order chi connectivity index (χ1) is 13.3. The maximum absolute atomic E-state index is 12.3. The van der Waals surface area contributed by atoms with E-state index in [0.717, 1.165) is 29.2 Å². The van der Waals surface area contributed by atoms with Gasteiger partial charge in [-0.2, -0.15) is 0 Å². The van der Waals surface area contributed by atoms with Gasteiger partial charge in [-0.1, -0.05) is 29.8 Å². The molecule has 0 aliphatic carbocycles. The summed E-state index contributed by atoms with van der Waals surface area (Å²) in [6.45, 7) is 2.21. The molecule has 28 heavy (non-hydrogen) atoms. The minimum absolute atomic E-state index is 0.301. The first kappa shape index (κ1) is 20.5. The molecule has 6 nitrogen and oxygen atoms in total. The van der Waals surface area contributed by atoms with Crippen molar-refractivity contribution in [2.45, 2.75) is 19.4 Å². The van der Waals surface area contributed by atoms with Gasteiger partial charge in [-0.3, -0.25) is 9.10 Å². The average molecular weight is 422 g/mol. The highest BCUT2D eigenvalue weighted by molar-refractivity contribution is 7.92. The summed E-state index contributed by atoms with van der Waals surface area (Å²) >= 11 is 5.95. The first-order valence-electron chi connectivity index (χ1n) is 9.17. The summed E-state index contributed by atoms with van der Waals surface area (Å²) in [5.41, 5.74) is 2.52. The fourth-order valence-corrected chi connectivity index (χ4v) is 4.25. The van der Waals surface area contributed by atoms with Gasteiger partial charge < -0.3 is 10.2 Å². The second-order valence-corrected chi connectivity index (χ2v) is 9.23. The molecule has 2 aromatic carbocycles. The lowest BCUT2D eigenvalue weighted by atomic mass is 10.2. The zero-order chi connectivity index (χ0) is 20.1. The number of rotatable bonds is 7. The molecule has 8 heteroatoms. The summed E-state index contributed by atoms with van der Waals surface area (Å²) in [7, 11) is -3.62. The molecule has 1 aliphatic rings. The van der Waals surface area contributed by atoms with Crippen molar-refractivity contribution in [3.63, 3.8) is 0 Å². The van der Waals surface area contributed by atoms with E-state index in [4.69, 9.17) is 11.6 Å². The van der Waals surface area contributed by atoms with Crippen LogP contribution in [0.4, 0.5) is 11.4 Å². The highest BCUT2D eigenvalue weighted by atomic mass is 35.5. The molecule has 0 saturated carbocycles. The van der Waals surface area contributed by atoms with Crippen LogP contribution < -0.4 is 14.5 Å². The van der Waals surface area contributed by atoms with Crippen LogP contribution in [0.3, 0.4) is 0 Å². The van der Waals surface area contributed by atoms with E-state index in [1.165, 1.54) is 24.6 Å². The Balaban J connectivity index is 1.60. The smallest absolute Gasteiger partial charge is 0.241 e. The number of halogens is 1. The lowest BCUT2D eigenvalue weighted by Gasteiger charge is -2.22. The van der Waals surface area contributed by atoms with Crippen molar-refractivity contribution in [1.29, 1.82) is 0 Å². The van der Waals surface area contributed by atoms with Crippen LogP contribution in [-0.4, -0.2) is 40.2 Å². The van der Waals surface area contributed by atoms with Crippen LogP contribution in [0.1, 0.15) is 18.4 Å². The van der Waals surface area contributed by atoms with Crippen molar-refractivity contribution in [1.82, 2.24) is 5.32 Å². The zero-order valence-corrected chi connectivity index (χ0v) is 17.3. The molecule has 1 N–H and O–H groups in total. The number of benzene rings is 2. The van der Waals surface area contributed by atoms with Crippen molar-refractivity contribution in [2.24, 2.45) is 0 Å². The van der Waals surface area contributed by atoms with Crippen LogP contribution in [0.25, 0.3) is 0 Å². The molecule has 3 rings (SSSR count). The van der Waals surface area contributed by atoms with Gasteiger partial charge in [0.25, 0.3) is 0 Å². The third-order valence-corrected chi connectivity index (χ3v) is 6.06. The summed E-state index contributed by atoms with van der Waals surface area (Å²) in [6, 6.07) is 14.5. The quantitative estimate of drug-likeness (QED) is 0.746. The summed E-state index contributed by atoms with van der Waals surface area (Å²) in [5, 5.41) is 3.19. The van der Waals surface area contributed by atoms with E-state index >= 15 is 0 Å². The van der Waals surface area contributed by atoms with E-state index in [1.807, 2.05) is 12.1 Å². The van der Waals surface area contributed by atoms with Crippen LogP contribution in [0.15, 0.2) is 48.5 Å². The van der Waals surface area contributed by atoms with Crippen molar-refractivity contribution in [2.75, 3.05) is 35.1 Å². The van der Waals surface area contributed by atoms with Gasteiger partial charge in [-0.05, 0) is 48.7 Å². The number of anilines is 2. The zero-order valence-electron chi connectivity index (χ0n) is 15.8. The number of sulfonamides is 1. The van der Waals surface area contributed by atoms with Gasteiger partial charge in [0, 0.05) is 30.3 Å². The predicted molar refractivity (Wildman–Crippen MR) is 113 cm³/mol. The van der Waals surface area contributed by atoms with E-state index < -0.39 is 10.0 Å². The summed E-state index contributed by atoms with van der Waals surface area (Å²) < 4.78 is 25.3. The molecule has 0 bridgehead atoms. The Morgan fingerprint density at radius 2 is 1.82 bits per heavy atom. The van der Waals surface area contributed by atoms with Gasteiger partial charge >= 0.3 is 0 Å². The van der Waals surface area contributed by atoms with E-state index in [-0.39, 0.29) is 12.5 Å². The predicted octanol–water partition coefficient (Wildman–Crippen LogP) is 3.02. The number of hydrogen-bond acceptors (Lipinski definition) is 4. The second-order valence-electron chi connectivity index (χ2n) is 6.89. The number of amides is 1. The Labute approximate surface area is 171 Å². The minimum atomic E-state index is -3.62. The van der Waals surface area contributed by atoms with E-state index in [2.05, 4.69) is 22.3 Å². The number of nitrogens with zero attached hydrogens (tertiary/aromatic N) is 2. The molecule has 0 aromatic heterocycles. The molecule has 0 atom stereocenters. The number of carbonyl (C=O) groups is 1. The van der Waals surface area contributed by atoms with Gasteiger partial charge in [0.1, 0.15) is 6.54 Å². The third kappa shape index (κ3) is 5.39. The second kappa shape index (κ2) is 8.84. The average Bonchev–Trinajstić information content (AvgIpc) is 3.18. The largest absolute Gasteiger partial charge is 0.372 e. The SMILES string of the molecule is CS(=O)(=O)N(CC(=O)NCc1ccc(N2CCCC2)cc1)c1cccc(Cl)c1. The molecule has 1 heterocycles.